The second-order valence-electron chi connectivity index (χ2n) is 9.44. The molecule has 0 N–H and O–H groups in total. The van der Waals surface area contributed by atoms with Crippen molar-refractivity contribution in [2.75, 3.05) is 24.6 Å². The predicted molar refractivity (Wildman–Crippen MR) is 145 cm³/mol. The fraction of sp³-hybridized carbons (Fsp3) is 0.500. The molecule has 190 valence electrons. The number of thiocarbonyl (C=S) groups is 1. The van der Waals surface area contributed by atoms with Gasteiger partial charge in [0, 0.05) is 25.3 Å². The summed E-state index contributed by atoms with van der Waals surface area (Å²) in [5, 5.41) is 0. The number of piperidine rings is 1. The Labute approximate surface area is 219 Å². The van der Waals surface area contributed by atoms with Gasteiger partial charge in [-0.25, -0.2) is 4.98 Å². The molecule has 0 aromatic carbocycles. The van der Waals surface area contributed by atoms with E-state index in [9.17, 15) is 14.4 Å². The zero-order valence-electron chi connectivity index (χ0n) is 20.4. The molecule has 2 aromatic heterocycles. The lowest BCUT2D eigenvalue weighted by Crippen LogP contribution is -2.40. The van der Waals surface area contributed by atoms with Gasteiger partial charge >= 0.3 is 5.97 Å². The number of fused-ring (bicyclic) bond motifs is 1. The van der Waals surface area contributed by atoms with E-state index in [2.05, 4.69) is 0 Å². The maximum absolute atomic E-state index is 13.6. The van der Waals surface area contributed by atoms with Gasteiger partial charge in [0.05, 0.1) is 23.0 Å². The van der Waals surface area contributed by atoms with Gasteiger partial charge in [0.1, 0.15) is 15.8 Å². The molecule has 0 unspecified atom stereocenters. The van der Waals surface area contributed by atoms with Gasteiger partial charge in [0.15, 0.2) is 0 Å². The molecule has 36 heavy (non-hydrogen) atoms. The van der Waals surface area contributed by atoms with Crippen LogP contribution >= 0.6 is 24.0 Å². The van der Waals surface area contributed by atoms with Crippen LogP contribution in [-0.2, 0) is 14.3 Å². The van der Waals surface area contributed by atoms with Crippen LogP contribution in [0.1, 0.15) is 57.4 Å². The predicted octanol–water partition coefficient (Wildman–Crippen LogP) is 4.01. The highest BCUT2D eigenvalue weighted by atomic mass is 32.2. The van der Waals surface area contributed by atoms with E-state index in [1.54, 1.807) is 29.3 Å². The van der Waals surface area contributed by atoms with Gasteiger partial charge in [-0.1, -0.05) is 49.3 Å². The van der Waals surface area contributed by atoms with Crippen molar-refractivity contribution in [3.05, 3.63) is 45.2 Å². The first-order chi connectivity index (χ1) is 17.5. The molecule has 4 heterocycles. The normalized spacial score (nSPS) is 21.1. The molecular formula is C26H30N4O4S2. The summed E-state index contributed by atoms with van der Waals surface area (Å²) in [6.07, 6.45) is 9.91. The van der Waals surface area contributed by atoms with Crippen LogP contribution in [0.15, 0.2) is 34.1 Å². The minimum absolute atomic E-state index is 0.124. The van der Waals surface area contributed by atoms with Crippen LogP contribution in [0, 0.1) is 5.92 Å². The van der Waals surface area contributed by atoms with Gasteiger partial charge < -0.3 is 9.64 Å². The van der Waals surface area contributed by atoms with Crippen molar-refractivity contribution in [3.63, 3.8) is 0 Å². The second kappa shape index (κ2) is 10.7. The Morgan fingerprint density at radius 2 is 1.92 bits per heavy atom. The number of carbonyl (C=O) groups is 2. The number of nitrogens with zero attached hydrogens (tertiary/aromatic N) is 4. The Balaban J connectivity index is 1.49. The van der Waals surface area contributed by atoms with Gasteiger partial charge in [0.25, 0.3) is 11.5 Å². The number of hydrogen-bond acceptors (Lipinski definition) is 8. The fourth-order valence-corrected chi connectivity index (χ4v) is 6.69. The van der Waals surface area contributed by atoms with Crippen LogP contribution in [0.2, 0.25) is 0 Å². The second-order valence-corrected chi connectivity index (χ2v) is 11.1. The van der Waals surface area contributed by atoms with E-state index in [-0.39, 0.29) is 29.4 Å². The van der Waals surface area contributed by atoms with Gasteiger partial charge in [-0.05, 0) is 50.8 Å². The zero-order valence-corrected chi connectivity index (χ0v) is 22.0. The lowest BCUT2D eigenvalue weighted by atomic mass is 9.94. The first-order valence-corrected chi connectivity index (χ1v) is 13.9. The molecule has 1 aliphatic carbocycles. The summed E-state index contributed by atoms with van der Waals surface area (Å²) in [4.78, 5) is 48.3. The van der Waals surface area contributed by atoms with Crippen molar-refractivity contribution in [2.45, 2.75) is 57.9 Å². The highest BCUT2D eigenvalue weighted by Gasteiger charge is 2.38. The Morgan fingerprint density at radius 3 is 2.64 bits per heavy atom. The maximum Gasteiger partial charge on any atom is 0.309 e. The standard InChI is InChI=1S/C26H30N4O4S2/c1-2-34-25(33)17-11-14-28(15-12-17)22-19(23(31)29-13-7-6-10-21(29)27-22)16-20-24(32)30(26(35)36-20)18-8-4-3-5-9-18/h6-7,10,13,16-18H,2-5,8-9,11-12,14-15H2,1H3/b20-16-. The summed E-state index contributed by atoms with van der Waals surface area (Å²) in [6, 6.07) is 5.55. The van der Waals surface area contributed by atoms with Crippen LogP contribution in [0.25, 0.3) is 11.7 Å². The molecule has 2 aliphatic heterocycles. The van der Waals surface area contributed by atoms with E-state index in [0.717, 1.165) is 25.7 Å². The topological polar surface area (TPSA) is 84.2 Å². The lowest BCUT2D eigenvalue weighted by molar-refractivity contribution is -0.148. The average Bonchev–Trinajstić information content (AvgIpc) is 3.18. The number of carbonyl (C=O) groups excluding carboxylic acids is 2. The Morgan fingerprint density at radius 1 is 1.17 bits per heavy atom. The molecule has 3 aliphatic rings. The minimum atomic E-state index is -0.231. The maximum atomic E-state index is 13.6. The third kappa shape index (κ3) is 4.80. The fourth-order valence-electron chi connectivity index (χ4n) is 5.31. The van der Waals surface area contributed by atoms with Gasteiger partial charge in [-0.15, -0.1) is 0 Å². The summed E-state index contributed by atoms with van der Waals surface area (Å²) >= 11 is 6.86. The number of aromatic nitrogens is 2. The number of ether oxygens (including phenoxy) is 1. The highest BCUT2D eigenvalue weighted by Crippen LogP contribution is 2.38. The quantitative estimate of drug-likeness (QED) is 0.328. The molecule has 0 atom stereocenters. The van der Waals surface area contributed by atoms with Crippen molar-refractivity contribution in [1.82, 2.24) is 14.3 Å². The summed E-state index contributed by atoms with van der Waals surface area (Å²) in [7, 11) is 0. The number of anilines is 1. The van der Waals surface area contributed by atoms with E-state index in [1.807, 2.05) is 17.9 Å². The smallest absolute Gasteiger partial charge is 0.309 e. The van der Waals surface area contributed by atoms with Crippen molar-refractivity contribution >= 4 is 57.7 Å². The van der Waals surface area contributed by atoms with Crippen LogP contribution in [0.4, 0.5) is 5.82 Å². The van der Waals surface area contributed by atoms with Crippen molar-refractivity contribution in [1.29, 1.82) is 0 Å². The lowest BCUT2D eigenvalue weighted by Gasteiger charge is -2.32. The van der Waals surface area contributed by atoms with Crippen molar-refractivity contribution < 1.29 is 14.3 Å². The summed E-state index contributed by atoms with van der Waals surface area (Å²) < 4.78 is 7.26. The van der Waals surface area contributed by atoms with E-state index >= 15 is 0 Å². The molecule has 3 fully saturated rings. The Kier molecular flexibility index (Phi) is 7.43. The van der Waals surface area contributed by atoms with Gasteiger partial charge in [0.2, 0.25) is 0 Å². The third-order valence-electron chi connectivity index (χ3n) is 7.20. The van der Waals surface area contributed by atoms with Crippen molar-refractivity contribution in [3.8, 4) is 0 Å². The van der Waals surface area contributed by atoms with Crippen molar-refractivity contribution in [2.24, 2.45) is 5.92 Å². The van der Waals surface area contributed by atoms with E-state index < -0.39 is 0 Å². The molecular weight excluding hydrogens is 496 g/mol. The molecule has 2 aromatic rings. The number of rotatable bonds is 5. The minimum Gasteiger partial charge on any atom is -0.466 e. The molecule has 8 nitrogen and oxygen atoms in total. The van der Waals surface area contributed by atoms with Gasteiger partial charge in [-0.3, -0.25) is 23.7 Å². The first-order valence-electron chi connectivity index (χ1n) is 12.7. The number of pyridine rings is 1. The van der Waals surface area contributed by atoms with Crippen LogP contribution in [0.5, 0.6) is 0 Å². The summed E-state index contributed by atoms with van der Waals surface area (Å²) in [5.41, 5.74) is 0.681. The number of amides is 1. The molecule has 0 bridgehead atoms. The monoisotopic (exact) mass is 526 g/mol. The summed E-state index contributed by atoms with van der Waals surface area (Å²) in [6.45, 7) is 3.32. The SMILES string of the molecule is CCOC(=O)C1CCN(c2nc3ccccn3c(=O)c2/C=C2\SC(=S)N(C3CCCCC3)C2=O)CC1. The third-order valence-corrected chi connectivity index (χ3v) is 8.53. The molecule has 1 saturated carbocycles. The first kappa shape index (κ1) is 25.0. The number of hydrogen-bond donors (Lipinski definition) is 0. The number of thioether (sulfide) groups is 1. The van der Waals surface area contributed by atoms with E-state index in [4.69, 9.17) is 21.9 Å². The molecule has 0 spiro atoms. The molecule has 2 saturated heterocycles. The van der Waals surface area contributed by atoms with Crippen LogP contribution in [0.3, 0.4) is 0 Å². The van der Waals surface area contributed by atoms with E-state index in [0.29, 0.717) is 58.8 Å². The van der Waals surface area contributed by atoms with E-state index in [1.165, 1.54) is 22.6 Å². The van der Waals surface area contributed by atoms with Crippen LogP contribution < -0.4 is 10.5 Å². The highest BCUT2D eigenvalue weighted by molar-refractivity contribution is 8.26. The average molecular weight is 527 g/mol. The molecule has 1 amide bonds. The van der Waals surface area contributed by atoms with Gasteiger partial charge in [-0.2, -0.15) is 0 Å². The molecule has 10 heteroatoms. The number of esters is 1. The molecule has 0 radical (unpaired) electrons. The summed E-state index contributed by atoms with van der Waals surface area (Å²) in [5.74, 6) is 0.0890. The van der Waals surface area contributed by atoms with Crippen LogP contribution in [-0.4, -0.2) is 56.2 Å². The largest absolute Gasteiger partial charge is 0.466 e. The zero-order chi connectivity index (χ0) is 25.2. The Bertz CT molecular complexity index is 1280. The Hall–Kier alpha value is -2.72. The molecule has 5 rings (SSSR count).